The van der Waals surface area contributed by atoms with Gasteiger partial charge in [-0.3, -0.25) is 9.59 Å². The fraction of sp³-hybridized carbons (Fsp3) is 0.381. The number of carbonyl (C=O) groups is 3. The molecule has 1 aliphatic rings. The van der Waals surface area contributed by atoms with E-state index in [-0.39, 0.29) is 29.7 Å². The number of methoxy groups -OCH3 is 1. The maximum Gasteiger partial charge on any atom is 0.339 e. The van der Waals surface area contributed by atoms with Gasteiger partial charge in [0, 0.05) is 12.6 Å². The summed E-state index contributed by atoms with van der Waals surface area (Å²) in [7, 11) is 1.28. The number of hydrogen-bond donors (Lipinski definition) is 2. The average molecular weight is 368 g/mol. The molecule has 6 nitrogen and oxygen atoms in total. The third-order valence-corrected chi connectivity index (χ3v) is 4.98. The summed E-state index contributed by atoms with van der Waals surface area (Å²) >= 11 is 0. The second-order valence-corrected chi connectivity index (χ2v) is 7.00. The number of aromatic nitrogens is 1. The maximum atomic E-state index is 12.7. The van der Waals surface area contributed by atoms with Crippen molar-refractivity contribution in [2.75, 3.05) is 7.11 Å². The van der Waals surface area contributed by atoms with Crippen LogP contribution in [0.4, 0.5) is 0 Å². The van der Waals surface area contributed by atoms with E-state index >= 15 is 0 Å². The molecule has 2 aromatic rings. The van der Waals surface area contributed by atoms with Crippen LogP contribution < -0.4 is 5.32 Å². The summed E-state index contributed by atoms with van der Waals surface area (Å²) in [5.74, 6) is -0.503. The highest BCUT2D eigenvalue weighted by atomic mass is 16.5. The molecule has 1 aromatic heterocycles. The van der Waals surface area contributed by atoms with Gasteiger partial charge in [-0.1, -0.05) is 30.3 Å². The van der Waals surface area contributed by atoms with E-state index in [1.165, 1.54) is 14.0 Å². The Balaban J connectivity index is 1.82. The molecule has 0 spiro atoms. The number of amides is 1. The van der Waals surface area contributed by atoms with E-state index < -0.39 is 5.97 Å². The van der Waals surface area contributed by atoms with Crippen LogP contribution >= 0.6 is 0 Å². The minimum Gasteiger partial charge on any atom is -0.465 e. The van der Waals surface area contributed by atoms with Gasteiger partial charge in [0.25, 0.3) is 0 Å². The Hall–Kier alpha value is -2.89. The number of ketones is 1. The molecular weight excluding hydrogens is 344 g/mol. The largest absolute Gasteiger partial charge is 0.465 e. The Bertz CT molecular complexity index is 866. The van der Waals surface area contributed by atoms with Gasteiger partial charge in [0.15, 0.2) is 5.78 Å². The summed E-state index contributed by atoms with van der Waals surface area (Å²) in [6.45, 7) is 3.10. The van der Waals surface area contributed by atoms with E-state index in [4.69, 9.17) is 4.74 Å². The van der Waals surface area contributed by atoms with Crippen LogP contribution in [0, 0.1) is 12.8 Å². The van der Waals surface area contributed by atoms with Crippen LogP contribution in [0.5, 0.6) is 0 Å². The molecule has 1 amide bonds. The van der Waals surface area contributed by atoms with Crippen LogP contribution in [0.1, 0.15) is 63.5 Å². The quantitative estimate of drug-likeness (QED) is 0.580. The van der Waals surface area contributed by atoms with E-state index in [1.54, 1.807) is 6.92 Å². The fourth-order valence-corrected chi connectivity index (χ4v) is 3.47. The summed E-state index contributed by atoms with van der Waals surface area (Å²) in [5, 5.41) is 3.09. The van der Waals surface area contributed by atoms with Gasteiger partial charge in [-0.05, 0) is 36.8 Å². The predicted molar refractivity (Wildman–Crippen MR) is 101 cm³/mol. The molecule has 0 bridgehead atoms. The van der Waals surface area contributed by atoms with E-state index in [1.807, 2.05) is 30.3 Å². The van der Waals surface area contributed by atoms with Crippen molar-refractivity contribution in [3.63, 3.8) is 0 Å². The van der Waals surface area contributed by atoms with Crippen molar-refractivity contribution in [3.05, 3.63) is 58.4 Å². The third kappa shape index (κ3) is 4.10. The number of benzene rings is 1. The van der Waals surface area contributed by atoms with Crippen molar-refractivity contribution in [3.8, 4) is 0 Å². The monoisotopic (exact) mass is 368 g/mol. The number of aromatic amines is 1. The number of hydrogen-bond acceptors (Lipinski definition) is 4. The van der Waals surface area contributed by atoms with Gasteiger partial charge in [0.2, 0.25) is 5.91 Å². The zero-order valence-corrected chi connectivity index (χ0v) is 15.8. The lowest BCUT2D eigenvalue weighted by Gasteiger charge is -2.19. The molecule has 0 saturated heterocycles. The number of rotatable bonds is 7. The Kier molecular flexibility index (Phi) is 5.44. The molecule has 1 aromatic carbocycles. The van der Waals surface area contributed by atoms with Gasteiger partial charge in [-0.2, -0.15) is 0 Å². The molecule has 142 valence electrons. The Morgan fingerprint density at radius 1 is 1.22 bits per heavy atom. The van der Waals surface area contributed by atoms with Gasteiger partial charge in [-0.15, -0.1) is 0 Å². The highest BCUT2D eigenvalue weighted by Gasteiger charge is 2.34. The number of nitrogens with one attached hydrogen (secondary N) is 2. The molecule has 2 N–H and O–H groups in total. The molecule has 27 heavy (non-hydrogen) atoms. The molecule has 1 aliphatic carbocycles. The van der Waals surface area contributed by atoms with Crippen molar-refractivity contribution < 1.29 is 19.1 Å². The van der Waals surface area contributed by atoms with Gasteiger partial charge in [0.1, 0.15) is 0 Å². The molecule has 1 unspecified atom stereocenters. The molecule has 1 saturated carbocycles. The van der Waals surface area contributed by atoms with Crippen molar-refractivity contribution in [2.45, 2.75) is 39.2 Å². The van der Waals surface area contributed by atoms with Crippen LogP contribution in [0.3, 0.4) is 0 Å². The van der Waals surface area contributed by atoms with Gasteiger partial charge < -0.3 is 15.0 Å². The summed E-state index contributed by atoms with van der Waals surface area (Å²) in [5.41, 5.74) is 2.60. The van der Waals surface area contributed by atoms with E-state index in [0.29, 0.717) is 22.9 Å². The predicted octanol–water partition coefficient (Wildman–Crippen LogP) is 3.12. The van der Waals surface area contributed by atoms with E-state index in [2.05, 4.69) is 10.3 Å². The zero-order chi connectivity index (χ0) is 19.6. The minimum absolute atomic E-state index is 0.0192. The Morgan fingerprint density at radius 2 is 1.89 bits per heavy atom. The molecule has 3 rings (SSSR count). The number of esters is 1. The van der Waals surface area contributed by atoms with Crippen LogP contribution in [-0.4, -0.2) is 29.8 Å². The molecule has 1 fully saturated rings. The van der Waals surface area contributed by atoms with Crippen LogP contribution in [0.25, 0.3) is 0 Å². The first-order valence-corrected chi connectivity index (χ1v) is 9.07. The van der Waals surface area contributed by atoms with E-state index in [9.17, 15) is 14.4 Å². The van der Waals surface area contributed by atoms with Crippen LogP contribution in [0.2, 0.25) is 0 Å². The highest BCUT2D eigenvalue weighted by Crippen LogP contribution is 2.41. The van der Waals surface area contributed by atoms with Crippen molar-refractivity contribution in [1.29, 1.82) is 0 Å². The highest BCUT2D eigenvalue weighted by molar-refractivity contribution is 6.01. The molecule has 0 radical (unpaired) electrons. The molecule has 1 atom stereocenters. The topological polar surface area (TPSA) is 88.3 Å². The van der Waals surface area contributed by atoms with E-state index in [0.717, 1.165) is 18.4 Å². The Labute approximate surface area is 158 Å². The normalized spacial score (nSPS) is 14.5. The lowest BCUT2D eigenvalue weighted by Crippen LogP contribution is -2.31. The SMILES string of the molecule is COC(=O)c1c(CC(=O)NC(c2ccccc2)C2CC2)[nH]c(C(C)=O)c1C. The molecule has 0 aliphatic heterocycles. The van der Waals surface area contributed by atoms with Crippen molar-refractivity contribution in [2.24, 2.45) is 5.92 Å². The van der Waals surface area contributed by atoms with Gasteiger partial charge in [-0.25, -0.2) is 4.79 Å². The number of Topliss-reactive ketones (excluding diaryl/α,β-unsaturated/α-hetero) is 1. The summed E-state index contributed by atoms with van der Waals surface area (Å²) in [4.78, 5) is 39.6. The van der Waals surface area contributed by atoms with Gasteiger partial charge >= 0.3 is 5.97 Å². The standard InChI is InChI=1S/C21H24N2O4/c1-12-18(21(26)27-3)16(22-19(12)13(2)24)11-17(25)23-20(15-9-10-15)14-7-5-4-6-8-14/h4-8,15,20,22H,9-11H2,1-3H3,(H,23,25). The average Bonchev–Trinajstić information content (AvgIpc) is 3.44. The minimum atomic E-state index is -0.555. The molecule has 6 heteroatoms. The van der Waals surface area contributed by atoms with Crippen LogP contribution in [-0.2, 0) is 16.0 Å². The second kappa shape index (κ2) is 7.78. The first-order valence-electron chi connectivity index (χ1n) is 9.07. The van der Waals surface area contributed by atoms with Gasteiger partial charge in [0.05, 0.1) is 30.8 Å². The van der Waals surface area contributed by atoms with Crippen molar-refractivity contribution in [1.82, 2.24) is 10.3 Å². The molecule has 1 heterocycles. The first kappa shape index (κ1) is 18.9. The maximum absolute atomic E-state index is 12.7. The smallest absolute Gasteiger partial charge is 0.339 e. The molecular formula is C21H24N2O4. The number of ether oxygens (including phenoxy) is 1. The van der Waals surface area contributed by atoms with Crippen molar-refractivity contribution >= 4 is 17.7 Å². The lowest BCUT2D eigenvalue weighted by molar-refractivity contribution is -0.121. The first-order chi connectivity index (χ1) is 12.9. The summed E-state index contributed by atoms with van der Waals surface area (Å²) in [6, 6.07) is 9.84. The summed E-state index contributed by atoms with van der Waals surface area (Å²) in [6.07, 6.45) is 2.15. The Morgan fingerprint density at radius 3 is 2.44 bits per heavy atom. The zero-order valence-electron chi connectivity index (χ0n) is 15.8. The fourth-order valence-electron chi connectivity index (χ4n) is 3.47. The number of carbonyl (C=O) groups excluding carboxylic acids is 3. The third-order valence-electron chi connectivity index (χ3n) is 4.98. The van der Waals surface area contributed by atoms with Crippen LogP contribution in [0.15, 0.2) is 30.3 Å². The summed E-state index contributed by atoms with van der Waals surface area (Å²) < 4.78 is 4.83. The number of H-pyrrole nitrogens is 1. The second-order valence-electron chi connectivity index (χ2n) is 7.00. The lowest BCUT2D eigenvalue weighted by atomic mass is 10.0.